The molecule has 0 saturated carbocycles. The zero-order valence-corrected chi connectivity index (χ0v) is 16.6. The number of amides is 1. The number of hydrogen-bond donors (Lipinski definition) is 6. The molecule has 12 heteroatoms. The lowest BCUT2D eigenvalue weighted by atomic mass is 10.1. The van der Waals surface area contributed by atoms with E-state index >= 15 is 0 Å². The van der Waals surface area contributed by atoms with E-state index in [9.17, 15) is 4.79 Å². The van der Waals surface area contributed by atoms with Crippen molar-refractivity contribution in [2.24, 2.45) is 22.2 Å². The van der Waals surface area contributed by atoms with E-state index < -0.39 is 5.91 Å². The fourth-order valence-electron chi connectivity index (χ4n) is 2.53. The van der Waals surface area contributed by atoms with E-state index in [2.05, 4.69) is 15.0 Å². The summed E-state index contributed by atoms with van der Waals surface area (Å²) in [5.74, 6) is -1.11. The number of unbranched alkanes of at least 4 members (excludes halogenated alkanes) is 6. The monoisotopic (exact) mass is 412 g/mol. The van der Waals surface area contributed by atoms with Crippen LogP contribution >= 0.6 is 11.6 Å². The largest absolute Gasteiger partial charge is 0.382 e. The molecule has 0 aliphatic carbocycles. The molecule has 0 atom stereocenters. The Morgan fingerprint density at radius 2 is 1.54 bits per heavy atom. The summed E-state index contributed by atoms with van der Waals surface area (Å²) in [7, 11) is 0. The van der Waals surface area contributed by atoms with Crippen LogP contribution in [0.25, 0.3) is 0 Å². The van der Waals surface area contributed by atoms with Crippen LogP contribution in [-0.4, -0.2) is 45.8 Å². The van der Waals surface area contributed by atoms with Gasteiger partial charge in [0.2, 0.25) is 0 Å². The van der Waals surface area contributed by atoms with Crippen molar-refractivity contribution in [1.82, 2.24) is 14.9 Å². The molecule has 0 aliphatic heterocycles. The Labute approximate surface area is 169 Å². The van der Waals surface area contributed by atoms with Gasteiger partial charge in [0.05, 0.1) is 0 Å². The molecule has 11 nitrogen and oxygen atoms in total. The van der Waals surface area contributed by atoms with Crippen LogP contribution in [0, 0.1) is 5.41 Å². The summed E-state index contributed by atoms with van der Waals surface area (Å²) in [6.07, 6.45) is 6.77. The topological polar surface area (TPSA) is 212 Å². The molecule has 0 radical (unpaired) electrons. The number of nitrogens with two attached hydrogens (primary N) is 5. The molecule has 0 saturated heterocycles. The molecule has 1 aromatic heterocycles. The molecular formula is C16H29ClN10O. The Hall–Kier alpha value is -2.82. The van der Waals surface area contributed by atoms with Crippen molar-refractivity contribution < 1.29 is 4.79 Å². The van der Waals surface area contributed by atoms with Gasteiger partial charge in [0.25, 0.3) is 5.91 Å². The van der Waals surface area contributed by atoms with Crippen molar-refractivity contribution in [2.45, 2.75) is 44.9 Å². The third kappa shape index (κ3) is 7.82. The molecule has 1 amide bonds. The summed E-state index contributed by atoms with van der Waals surface area (Å²) in [4.78, 5) is 25.3. The number of rotatable bonds is 11. The minimum absolute atomic E-state index is 0.0663. The number of hydrogen-bond acceptors (Lipinski definition) is 7. The van der Waals surface area contributed by atoms with Crippen molar-refractivity contribution in [3.8, 4) is 0 Å². The van der Waals surface area contributed by atoms with Crippen LogP contribution in [0.1, 0.15) is 55.4 Å². The highest BCUT2D eigenvalue weighted by Crippen LogP contribution is 2.19. The van der Waals surface area contributed by atoms with Gasteiger partial charge in [-0.2, -0.15) is 0 Å². The summed E-state index contributed by atoms with van der Waals surface area (Å²) < 4.78 is 0. The van der Waals surface area contributed by atoms with Gasteiger partial charge in [0, 0.05) is 13.1 Å². The number of anilines is 2. The first-order valence-electron chi connectivity index (χ1n) is 9.03. The van der Waals surface area contributed by atoms with E-state index in [1.165, 1.54) is 0 Å². The second kappa shape index (κ2) is 11.8. The number of aromatic nitrogens is 2. The molecule has 0 spiro atoms. The molecule has 0 unspecified atom stereocenters. The third-order valence-corrected chi connectivity index (χ3v) is 4.26. The van der Waals surface area contributed by atoms with Gasteiger partial charge in [0.15, 0.2) is 34.4 Å². The van der Waals surface area contributed by atoms with Crippen LogP contribution in [0.4, 0.5) is 11.6 Å². The van der Waals surface area contributed by atoms with Crippen molar-refractivity contribution >= 4 is 41.1 Å². The van der Waals surface area contributed by atoms with E-state index in [0.717, 1.165) is 43.4 Å². The van der Waals surface area contributed by atoms with Crippen molar-refractivity contribution in [3.05, 3.63) is 10.8 Å². The minimum Gasteiger partial charge on any atom is -0.382 e. The van der Waals surface area contributed by atoms with Crippen LogP contribution < -0.4 is 28.7 Å². The smallest absolute Gasteiger partial charge is 0.283 e. The maximum absolute atomic E-state index is 12.6. The fraction of sp³-hybridized carbons (Fsp3) is 0.562. The lowest BCUT2D eigenvalue weighted by Crippen LogP contribution is -2.42. The molecule has 0 aromatic carbocycles. The van der Waals surface area contributed by atoms with Gasteiger partial charge in [-0.25, -0.2) is 9.97 Å². The lowest BCUT2D eigenvalue weighted by Gasteiger charge is -2.20. The molecule has 28 heavy (non-hydrogen) atoms. The number of halogens is 1. The quantitative estimate of drug-likeness (QED) is 0.172. The highest BCUT2D eigenvalue weighted by Gasteiger charge is 2.23. The van der Waals surface area contributed by atoms with Crippen LogP contribution in [0.15, 0.2) is 4.99 Å². The Kier molecular flexibility index (Phi) is 9.79. The zero-order chi connectivity index (χ0) is 21.1. The van der Waals surface area contributed by atoms with Crippen LogP contribution in [-0.2, 0) is 0 Å². The maximum Gasteiger partial charge on any atom is 0.283 e. The zero-order valence-electron chi connectivity index (χ0n) is 15.8. The summed E-state index contributed by atoms with van der Waals surface area (Å²) in [6, 6.07) is 0. The van der Waals surface area contributed by atoms with E-state index in [-0.39, 0.29) is 40.9 Å². The first-order chi connectivity index (χ1) is 13.2. The Morgan fingerprint density at radius 1 is 0.964 bits per heavy atom. The highest BCUT2D eigenvalue weighted by atomic mass is 35.5. The van der Waals surface area contributed by atoms with Gasteiger partial charge < -0.3 is 28.7 Å². The van der Waals surface area contributed by atoms with E-state index in [0.29, 0.717) is 13.0 Å². The lowest BCUT2D eigenvalue weighted by molar-refractivity contribution is 0.0838. The van der Waals surface area contributed by atoms with Gasteiger partial charge in [-0.15, -0.1) is 0 Å². The van der Waals surface area contributed by atoms with Gasteiger partial charge in [-0.1, -0.05) is 43.7 Å². The third-order valence-electron chi connectivity index (χ3n) is 3.98. The van der Waals surface area contributed by atoms with Gasteiger partial charge in [0.1, 0.15) is 0 Å². The Balaban J connectivity index is 2.40. The van der Waals surface area contributed by atoms with Crippen molar-refractivity contribution in [3.63, 3.8) is 0 Å². The first-order valence-corrected chi connectivity index (χ1v) is 9.41. The summed E-state index contributed by atoms with van der Waals surface area (Å²) >= 11 is 5.81. The Morgan fingerprint density at radius 3 is 2.11 bits per heavy atom. The SMILES string of the molecule is N=C(N)N(CCCCCCCCCN=C(N)N)C(=O)c1nc(Cl)c(N)nc1N. The summed E-state index contributed by atoms with van der Waals surface area (Å²) in [6.45, 7) is 0.932. The number of nitrogens with zero attached hydrogens (tertiary/aromatic N) is 4. The summed E-state index contributed by atoms with van der Waals surface area (Å²) in [5, 5.41) is 7.52. The predicted molar refractivity (Wildman–Crippen MR) is 112 cm³/mol. The maximum atomic E-state index is 12.6. The van der Waals surface area contributed by atoms with Gasteiger partial charge in [-0.3, -0.25) is 20.1 Å². The number of aliphatic imine (C=N–C) groups is 1. The van der Waals surface area contributed by atoms with E-state index in [4.69, 9.17) is 45.7 Å². The number of carbonyl (C=O) groups is 1. The minimum atomic E-state index is -0.626. The normalized spacial score (nSPS) is 10.5. The number of guanidine groups is 2. The molecule has 1 heterocycles. The molecule has 0 bridgehead atoms. The fourth-order valence-corrected chi connectivity index (χ4v) is 2.66. The van der Waals surface area contributed by atoms with Crippen LogP contribution in [0.3, 0.4) is 0 Å². The molecule has 11 N–H and O–H groups in total. The standard InChI is InChI=1S/C16H29ClN10O/c17-11-13(19)26-12(18)10(25-11)14(28)27(16(22)23)9-7-5-3-1-2-4-6-8-24-15(20)21/h1-9H2,(H3,22,23)(H4,18,19,26)(H4,20,21,24). The molecular weight excluding hydrogens is 384 g/mol. The highest BCUT2D eigenvalue weighted by molar-refractivity contribution is 6.31. The second-order valence-corrected chi connectivity index (χ2v) is 6.62. The number of carbonyl (C=O) groups excluding carboxylic acids is 1. The predicted octanol–water partition coefficient (Wildman–Crippen LogP) is 0.634. The molecule has 156 valence electrons. The van der Waals surface area contributed by atoms with Gasteiger partial charge in [-0.05, 0) is 12.8 Å². The average Bonchev–Trinajstić information content (AvgIpc) is 2.61. The molecule has 1 rings (SSSR count). The molecule has 1 aromatic rings. The van der Waals surface area contributed by atoms with Crippen LogP contribution in [0.5, 0.6) is 0 Å². The summed E-state index contributed by atoms with van der Waals surface area (Å²) in [5.41, 5.74) is 27.1. The van der Waals surface area contributed by atoms with Crippen molar-refractivity contribution in [2.75, 3.05) is 24.6 Å². The molecule has 0 fully saturated rings. The van der Waals surface area contributed by atoms with E-state index in [1.54, 1.807) is 0 Å². The van der Waals surface area contributed by atoms with Crippen LogP contribution in [0.2, 0.25) is 5.15 Å². The van der Waals surface area contributed by atoms with Gasteiger partial charge >= 0.3 is 0 Å². The second-order valence-electron chi connectivity index (χ2n) is 6.26. The average molecular weight is 413 g/mol. The number of nitrogens with one attached hydrogen (secondary N) is 1. The molecule has 0 aliphatic rings. The Bertz CT molecular complexity index is 705. The number of nitrogen functional groups attached to an aromatic ring is 2. The first kappa shape index (κ1) is 23.2. The van der Waals surface area contributed by atoms with Crippen molar-refractivity contribution in [1.29, 1.82) is 5.41 Å². The van der Waals surface area contributed by atoms with E-state index in [1.807, 2.05) is 0 Å².